The van der Waals surface area contributed by atoms with E-state index in [4.69, 9.17) is 0 Å². The van der Waals surface area contributed by atoms with Crippen molar-refractivity contribution in [1.29, 1.82) is 0 Å². The lowest BCUT2D eigenvalue weighted by Gasteiger charge is -2.10. The summed E-state index contributed by atoms with van der Waals surface area (Å²) in [6.07, 6.45) is 3.14. The third-order valence-electron chi connectivity index (χ3n) is 2.29. The molecule has 0 saturated carbocycles. The number of pyridine rings is 1. The number of aryl methyl sites for hydroxylation is 1. The van der Waals surface area contributed by atoms with E-state index in [1.807, 2.05) is 0 Å². The minimum Gasteiger partial charge on any atom is -0.352 e. The zero-order chi connectivity index (χ0) is 12.4. The molecule has 0 bridgehead atoms. The fourth-order valence-corrected chi connectivity index (χ4v) is 1.71. The van der Waals surface area contributed by atoms with Gasteiger partial charge in [0.25, 0.3) is 0 Å². The molecule has 1 aromatic heterocycles. The maximum atomic E-state index is 13.6. The van der Waals surface area contributed by atoms with E-state index in [2.05, 4.69) is 26.2 Å². The molecule has 0 aliphatic rings. The van der Waals surface area contributed by atoms with Gasteiger partial charge >= 0.3 is 0 Å². The molecule has 2 rings (SSSR count). The minimum absolute atomic E-state index is 0.0972. The summed E-state index contributed by atoms with van der Waals surface area (Å²) in [6, 6.07) is 3.96. The maximum Gasteiger partial charge on any atom is 0.147 e. The van der Waals surface area contributed by atoms with Crippen LogP contribution in [-0.4, -0.2) is 4.98 Å². The van der Waals surface area contributed by atoms with Crippen LogP contribution < -0.4 is 5.32 Å². The van der Waals surface area contributed by atoms with Crippen LogP contribution >= 0.6 is 15.9 Å². The van der Waals surface area contributed by atoms with E-state index in [9.17, 15) is 8.78 Å². The van der Waals surface area contributed by atoms with Crippen molar-refractivity contribution in [2.75, 3.05) is 5.32 Å². The third-order valence-corrected chi connectivity index (χ3v) is 2.92. The summed E-state index contributed by atoms with van der Waals surface area (Å²) < 4.78 is 27.6. The van der Waals surface area contributed by atoms with Crippen molar-refractivity contribution in [3.8, 4) is 0 Å². The number of rotatable bonds is 2. The fourth-order valence-electron chi connectivity index (χ4n) is 1.36. The number of hydrogen-bond donors (Lipinski definition) is 1. The van der Waals surface area contributed by atoms with E-state index >= 15 is 0 Å². The summed E-state index contributed by atoms with van der Waals surface area (Å²) in [5.41, 5.74) is 1.00. The van der Waals surface area contributed by atoms with Crippen LogP contribution in [0.5, 0.6) is 0 Å². The second-order valence-corrected chi connectivity index (χ2v) is 4.42. The summed E-state index contributed by atoms with van der Waals surface area (Å²) in [5.74, 6) is -0.938. The molecule has 0 atom stereocenters. The lowest BCUT2D eigenvalue weighted by Crippen LogP contribution is -1.97. The van der Waals surface area contributed by atoms with Crippen LogP contribution in [0.4, 0.5) is 20.2 Å². The number of aromatic nitrogens is 1. The molecule has 1 heterocycles. The Morgan fingerprint density at radius 3 is 2.65 bits per heavy atom. The van der Waals surface area contributed by atoms with E-state index in [1.54, 1.807) is 18.5 Å². The summed E-state index contributed by atoms with van der Waals surface area (Å²) in [6.45, 7) is 1.52. The van der Waals surface area contributed by atoms with Crippen molar-refractivity contribution < 1.29 is 8.78 Å². The Labute approximate surface area is 106 Å². The average molecular weight is 299 g/mol. The Morgan fingerprint density at radius 1 is 1.18 bits per heavy atom. The van der Waals surface area contributed by atoms with E-state index in [-0.39, 0.29) is 11.3 Å². The number of nitrogens with zero attached hydrogens (tertiary/aromatic N) is 1. The molecule has 2 aromatic rings. The van der Waals surface area contributed by atoms with Crippen molar-refractivity contribution in [1.82, 2.24) is 4.98 Å². The van der Waals surface area contributed by atoms with Crippen LogP contribution in [0.3, 0.4) is 0 Å². The molecule has 88 valence electrons. The monoisotopic (exact) mass is 298 g/mol. The third kappa shape index (κ3) is 2.61. The van der Waals surface area contributed by atoms with Crippen LogP contribution in [0.15, 0.2) is 35.1 Å². The Balaban J connectivity index is 2.37. The number of anilines is 2. The van der Waals surface area contributed by atoms with E-state index in [1.165, 1.54) is 6.92 Å². The SMILES string of the molecule is Cc1cc(F)c(Nc2ccncc2Br)cc1F. The van der Waals surface area contributed by atoms with Crippen molar-refractivity contribution in [3.05, 3.63) is 52.3 Å². The van der Waals surface area contributed by atoms with Crippen molar-refractivity contribution in [2.45, 2.75) is 6.92 Å². The molecule has 0 fully saturated rings. The van der Waals surface area contributed by atoms with Crippen LogP contribution in [0, 0.1) is 18.6 Å². The van der Waals surface area contributed by atoms with E-state index < -0.39 is 11.6 Å². The van der Waals surface area contributed by atoms with Gasteiger partial charge in [-0.05, 0) is 40.5 Å². The zero-order valence-electron chi connectivity index (χ0n) is 8.97. The van der Waals surface area contributed by atoms with Gasteiger partial charge in [0.2, 0.25) is 0 Å². The lowest BCUT2D eigenvalue weighted by molar-refractivity contribution is 0.595. The summed E-state index contributed by atoms with van der Waals surface area (Å²) in [4.78, 5) is 3.89. The molecular weight excluding hydrogens is 290 g/mol. The molecule has 1 N–H and O–H groups in total. The number of hydrogen-bond acceptors (Lipinski definition) is 2. The summed E-state index contributed by atoms with van der Waals surface area (Å²) in [7, 11) is 0. The Bertz CT molecular complexity index is 558. The molecule has 0 saturated heterocycles. The molecule has 1 aromatic carbocycles. The standard InChI is InChI=1S/C12H9BrF2N2/c1-7-4-10(15)12(5-9(7)14)17-11-2-3-16-6-8(11)13/h2-6H,1H3,(H,16,17). The van der Waals surface area contributed by atoms with Gasteiger partial charge in [-0.2, -0.15) is 0 Å². The predicted octanol–water partition coefficient (Wildman–Crippen LogP) is 4.17. The van der Waals surface area contributed by atoms with E-state index in [0.29, 0.717) is 10.2 Å². The Hall–Kier alpha value is -1.49. The van der Waals surface area contributed by atoms with Gasteiger partial charge < -0.3 is 5.32 Å². The second-order valence-electron chi connectivity index (χ2n) is 3.56. The van der Waals surface area contributed by atoms with Gasteiger partial charge in [-0.1, -0.05) is 0 Å². The maximum absolute atomic E-state index is 13.6. The van der Waals surface area contributed by atoms with Gasteiger partial charge in [0.1, 0.15) is 11.6 Å². The minimum atomic E-state index is -0.493. The van der Waals surface area contributed by atoms with Crippen LogP contribution in [0.1, 0.15) is 5.56 Å². The second kappa shape index (κ2) is 4.79. The zero-order valence-corrected chi connectivity index (χ0v) is 10.6. The topological polar surface area (TPSA) is 24.9 Å². The van der Waals surface area contributed by atoms with Gasteiger partial charge in [0.05, 0.1) is 15.8 Å². The molecule has 5 heteroatoms. The first kappa shape index (κ1) is 12.0. The molecule has 0 aliphatic carbocycles. The first-order valence-corrected chi connectivity index (χ1v) is 5.69. The van der Waals surface area contributed by atoms with Crippen LogP contribution in [0.25, 0.3) is 0 Å². The first-order valence-electron chi connectivity index (χ1n) is 4.90. The van der Waals surface area contributed by atoms with Gasteiger partial charge in [-0.15, -0.1) is 0 Å². The quantitative estimate of drug-likeness (QED) is 0.900. The van der Waals surface area contributed by atoms with Crippen molar-refractivity contribution in [2.24, 2.45) is 0 Å². The molecule has 17 heavy (non-hydrogen) atoms. The summed E-state index contributed by atoms with van der Waals surface area (Å²) >= 11 is 3.27. The highest BCUT2D eigenvalue weighted by molar-refractivity contribution is 9.10. The van der Waals surface area contributed by atoms with Crippen molar-refractivity contribution in [3.63, 3.8) is 0 Å². The number of halogens is 3. The van der Waals surface area contributed by atoms with Gasteiger partial charge in [-0.3, -0.25) is 4.98 Å². The normalized spacial score (nSPS) is 10.4. The van der Waals surface area contributed by atoms with E-state index in [0.717, 1.165) is 12.1 Å². The Morgan fingerprint density at radius 2 is 1.94 bits per heavy atom. The fraction of sp³-hybridized carbons (Fsp3) is 0.0833. The molecule has 0 radical (unpaired) electrons. The molecule has 0 spiro atoms. The molecule has 0 amide bonds. The lowest BCUT2D eigenvalue weighted by atomic mass is 10.2. The summed E-state index contributed by atoms with van der Waals surface area (Å²) in [5, 5.41) is 2.81. The predicted molar refractivity (Wildman–Crippen MR) is 66.3 cm³/mol. The average Bonchev–Trinajstić information content (AvgIpc) is 2.29. The largest absolute Gasteiger partial charge is 0.352 e. The molecule has 0 aliphatic heterocycles. The Kier molecular flexibility index (Phi) is 3.38. The molecular formula is C12H9BrF2N2. The molecule has 2 nitrogen and oxygen atoms in total. The smallest absolute Gasteiger partial charge is 0.147 e. The van der Waals surface area contributed by atoms with Gasteiger partial charge in [0, 0.05) is 18.5 Å². The van der Waals surface area contributed by atoms with Crippen LogP contribution in [0.2, 0.25) is 0 Å². The number of benzene rings is 1. The van der Waals surface area contributed by atoms with Crippen LogP contribution in [-0.2, 0) is 0 Å². The highest BCUT2D eigenvalue weighted by atomic mass is 79.9. The van der Waals surface area contributed by atoms with Gasteiger partial charge in [-0.25, -0.2) is 8.78 Å². The van der Waals surface area contributed by atoms with Crippen molar-refractivity contribution >= 4 is 27.3 Å². The van der Waals surface area contributed by atoms with Gasteiger partial charge in [0.15, 0.2) is 0 Å². The first-order chi connectivity index (χ1) is 8.08. The number of nitrogens with one attached hydrogen (secondary N) is 1. The molecule has 0 unspecified atom stereocenters. The highest BCUT2D eigenvalue weighted by Gasteiger charge is 2.08. The highest BCUT2D eigenvalue weighted by Crippen LogP contribution is 2.27.